The second-order valence-electron chi connectivity index (χ2n) is 8.01. The molecule has 5 rings (SSSR count). The standard InChI is InChI=1S/C25H24ClN3O2/c1-31-24-12-16(8-9-17(24)14-29-11-10-18(30)15-29)19-4-2-6-21(25(19)26)20-5-3-7-23-22(20)13-27-28-23/h2-9,12-13,18,30H,10-11,14-15H2,1H3,(H,27,28)/t18-/m1/s1. The number of rotatable bonds is 5. The van der Waals surface area contributed by atoms with Gasteiger partial charge in [0.25, 0.3) is 0 Å². The van der Waals surface area contributed by atoms with Gasteiger partial charge in [0.15, 0.2) is 0 Å². The first-order chi connectivity index (χ1) is 15.1. The summed E-state index contributed by atoms with van der Waals surface area (Å²) in [6, 6.07) is 18.4. The highest BCUT2D eigenvalue weighted by molar-refractivity contribution is 6.36. The van der Waals surface area contributed by atoms with Gasteiger partial charge < -0.3 is 9.84 Å². The number of fused-ring (bicyclic) bond motifs is 1. The molecule has 5 nitrogen and oxygen atoms in total. The van der Waals surface area contributed by atoms with Crippen molar-refractivity contribution in [1.82, 2.24) is 15.1 Å². The molecule has 0 aliphatic carbocycles. The fourth-order valence-corrected chi connectivity index (χ4v) is 4.74. The smallest absolute Gasteiger partial charge is 0.123 e. The van der Waals surface area contributed by atoms with E-state index in [9.17, 15) is 5.11 Å². The van der Waals surface area contributed by atoms with Crippen LogP contribution in [-0.4, -0.2) is 46.5 Å². The molecule has 4 aromatic rings. The number of halogens is 1. The van der Waals surface area contributed by atoms with Crippen LogP contribution in [0.5, 0.6) is 5.75 Å². The summed E-state index contributed by atoms with van der Waals surface area (Å²) in [4.78, 5) is 2.25. The summed E-state index contributed by atoms with van der Waals surface area (Å²) in [5.41, 5.74) is 6.08. The SMILES string of the molecule is COc1cc(-c2cccc(-c3cccc4[nH]ncc34)c2Cl)ccc1CN1CC[C@@H](O)C1. The highest BCUT2D eigenvalue weighted by Gasteiger charge is 2.21. The first-order valence-corrected chi connectivity index (χ1v) is 10.8. The summed E-state index contributed by atoms with van der Waals surface area (Å²) >= 11 is 6.93. The van der Waals surface area contributed by atoms with E-state index < -0.39 is 0 Å². The number of aromatic nitrogens is 2. The molecule has 1 atom stereocenters. The van der Waals surface area contributed by atoms with Gasteiger partial charge in [0.1, 0.15) is 5.75 Å². The molecule has 2 heterocycles. The van der Waals surface area contributed by atoms with E-state index >= 15 is 0 Å². The summed E-state index contributed by atoms with van der Waals surface area (Å²) in [7, 11) is 1.69. The third kappa shape index (κ3) is 3.81. The Bertz CT molecular complexity index is 1240. The van der Waals surface area contributed by atoms with Gasteiger partial charge in [-0.15, -0.1) is 0 Å². The summed E-state index contributed by atoms with van der Waals surface area (Å²) in [6.45, 7) is 2.37. The lowest BCUT2D eigenvalue weighted by Crippen LogP contribution is -2.21. The highest BCUT2D eigenvalue weighted by atomic mass is 35.5. The topological polar surface area (TPSA) is 61.4 Å². The quantitative estimate of drug-likeness (QED) is 0.458. The fraction of sp³-hybridized carbons (Fsp3) is 0.240. The minimum absolute atomic E-state index is 0.230. The maximum absolute atomic E-state index is 9.81. The molecule has 1 fully saturated rings. The van der Waals surface area contributed by atoms with Crippen LogP contribution in [0.1, 0.15) is 12.0 Å². The van der Waals surface area contributed by atoms with Crippen molar-refractivity contribution in [3.63, 3.8) is 0 Å². The lowest BCUT2D eigenvalue weighted by molar-refractivity contribution is 0.174. The van der Waals surface area contributed by atoms with Crippen molar-refractivity contribution in [1.29, 1.82) is 0 Å². The van der Waals surface area contributed by atoms with E-state index in [4.69, 9.17) is 16.3 Å². The lowest BCUT2D eigenvalue weighted by atomic mass is 9.96. The molecule has 31 heavy (non-hydrogen) atoms. The molecule has 0 bridgehead atoms. The molecule has 3 aromatic carbocycles. The van der Waals surface area contributed by atoms with E-state index in [-0.39, 0.29) is 6.10 Å². The van der Waals surface area contributed by atoms with E-state index in [1.807, 2.05) is 42.6 Å². The van der Waals surface area contributed by atoms with Gasteiger partial charge >= 0.3 is 0 Å². The Hall–Kier alpha value is -2.86. The Labute approximate surface area is 186 Å². The minimum atomic E-state index is -0.230. The largest absolute Gasteiger partial charge is 0.496 e. The summed E-state index contributed by atoms with van der Waals surface area (Å²) < 4.78 is 5.70. The molecular weight excluding hydrogens is 410 g/mol. The van der Waals surface area contributed by atoms with Gasteiger partial charge in [-0.2, -0.15) is 5.10 Å². The lowest BCUT2D eigenvalue weighted by Gasteiger charge is -2.18. The highest BCUT2D eigenvalue weighted by Crippen LogP contribution is 2.40. The van der Waals surface area contributed by atoms with E-state index in [2.05, 4.69) is 33.3 Å². The summed E-state index contributed by atoms with van der Waals surface area (Å²) in [6.07, 6.45) is 2.43. The number of methoxy groups -OCH3 is 1. The van der Waals surface area contributed by atoms with Crippen LogP contribution in [0.25, 0.3) is 33.2 Å². The van der Waals surface area contributed by atoms with Crippen LogP contribution in [0.3, 0.4) is 0 Å². The molecule has 0 unspecified atom stereocenters. The monoisotopic (exact) mass is 433 g/mol. The molecule has 1 aliphatic rings. The number of likely N-dealkylation sites (tertiary alicyclic amines) is 1. The average molecular weight is 434 g/mol. The first kappa shape index (κ1) is 20.1. The van der Waals surface area contributed by atoms with Crippen molar-refractivity contribution in [2.75, 3.05) is 20.2 Å². The summed E-state index contributed by atoms with van der Waals surface area (Å²) in [5, 5.41) is 18.7. The number of nitrogens with one attached hydrogen (secondary N) is 1. The third-order valence-corrected chi connectivity index (χ3v) is 6.42. The Morgan fingerprint density at radius 1 is 1.13 bits per heavy atom. The van der Waals surface area contributed by atoms with Crippen LogP contribution >= 0.6 is 11.6 Å². The Morgan fingerprint density at radius 2 is 1.94 bits per heavy atom. The zero-order valence-electron chi connectivity index (χ0n) is 17.3. The number of nitrogens with zero attached hydrogens (tertiary/aromatic N) is 2. The van der Waals surface area contributed by atoms with E-state index in [0.29, 0.717) is 11.6 Å². The molecule has 0 amide bonds. The van der Waals surface area contributed by atoms with Gasteiger partial charge in [0.05, 0.1) is 29.9 Å². The van der Waals surface area contributed by atoms with Gasteiger partial charge in [-0.1, -0.05) is 54.1 Å². The Balaban J connectivity index is 1.52. The number of aromatic amines is 1. The van der Waals surface area contributed by atoms with Crippen molar-refractivity contribution in [3.8, 4) is 28.0 Å². The molecule has 1 aromatic heterocycles. The maximum atomic E-state index is 9.81. The number of hydrogen-bond donors (Lipinski definition) is 2. The molecule has 2 N–H and O–H groups in total. The molecule has 0 spiro atoms. The molecule has 1 aliphatic heterocycles. The zero-order chi connectivity index (χ0) is 21.4. The van der Waals surface area contributed by atoms with Crippen LogP contribution in [0.4, 0.5) is 0 Å². The van der Waals surface area contributed by atoms with Crippen molar-refractivity contribution >= 4 is 22.5 Å². The van der Waals surface area contributed by atoms with Crippen LogP contribution in [0, 0.1) is 0 Å². The van der Waals surface area contributed by atoms with E-state index in [0.717, 1.165) is 64.0 Å². The molecule has 158 valence electrons. The number of benzene rings is 3. The third-order valence-electron chi connectivity index (χ3n) is 6.01. The fourth-order valence-electron chi connectivity index (χ4n) is 4.41. The molecule has 0 saturated carbocycles. The predicted octanol–water partition coefficient (Wildman–Crippen LogP) is 5.13. The maximum Gasteiger partial charge on any atom is 0.123 e. The number of hydrogen-bond acceptors (Lipinski definition) is 4. The zero-order valence-corrected chi connectivity index (χ0v) is 18.1. The number of aliphatic hydroxyl groups excluding tert-OH is 1. The van der Waals surface area contributed by atoms with Gasteiger partial charge in [-0.3, -0.25) is 10.00 Å². The van der Waals surface area contributed by atoms with Crippen molar-refractivity contribution in [2.24, 2.45) is 0 Å². The predicted molar refractivity (Wildman–Crippen MR) is 124 cm³/mol. The van der Waals surface area contributed by atoms with Gasteiger partial charge in [0, 0.05) is 41.7 Å². The molecule has 1 saturated heterocycles. The normalized spacial score (nSPS) is 16.8. The minimum Gasteiger partial charge on any atom is -0.496 e. The number of H-pyrrole nitrogens is 1. The van der Waals surface area contributed by atoms with E-state index in [1.165, 1.54) is 0 Å². The van der Waals surface area contributed by atoms with Crippen LogP contribution in [0.2, 0.25) is 5.02 Å². The molecule has 6 heteroatoms. The number of β-amino-alcohol motifs (C(OH)–C–C–N with tert-alkyl or cyclic N) is 1. The average Bonchev–Trinajstić information content (AvgIpc) is 3.43. The first-order valence-electron chi connectivity index (χ1n) is 10.4. The molecule has 0 radical (unpaired) electrons. The van der Waals surface area contributed by atoms with Crippen molar-refractivity contribution in [3.05, 3.63) is 71.4 Å². The van der Waals surface area contributed by atoms with Crippen LogP contribution in [-0.2, 0) is 6.54 Å². The van der Waals surface area contributed by atoms with Gasteiger partial charge in [-0.25, -0.2) is 0 Å². The van der Waals surface area contributed by atoms with Crippen LogP contribution in [0.15, 0.2) is 60.8 Å². The van der Waals surface area contributed by atoms with Gasteiger partial charge in [-0.05, 0) is 29.7 Å². The number of ether oxygens (including phenoxy) is 1. The number of aliphatic hydroxyl groups is 1. The Kier molecular flexibility index (Phi) is 5.40. The second-order valence-corrected chi connectivity index (χ2v) is 8.39. The van der Waals surface area contributed by atoms with Crippen LogP contribution < -0.4 is 4.74 Å². The molecular formula is C25H24ClN3O2. The van der Waals surface area contributed by atoms with Crippen molar-refractivity contribution in [2.45, 2.75) is 19.1 Å². The van der Waals surface area contributed by atoms with Gasteiger partial charge in [0.2, 0.25) is 0 Å². The van der Waals surface area contributed by atoms with E-state index in [1.54, 1.807) is 7.11 Å². The van der Waals surface area contributed by atoms with Crippen molar-refractivity contribution < 1.29 is 9.84 Å². The Morgan fingerprint density at radius 3 is 2.74 bits per heavy atom. The second kappa shape index (κ2) is 8.35. The summed E-state index contributed by atoms with van der Waals surface area (Å²) in [5.74, 6) is 0.831.